The summed E-state index contributed by atoms with van der Waals surface area (Å²) >= 11 is 4.49. The lowest BCUT2D eigenvalue weighted by Gasteiger charge is -1.94. The van der Waals surface area contributed by atoms with Gasteiger partial charge >= 0.3 is 0 Å². The molecule has 0 amide bonds. The molecule has 1 N–H and O–H groups in total. The van der Waals surface area contributed by atoms with Gasteiger partial charge in [-0.15, -0.1) is 0 Å². The van der Waals surface area contributed by atoms with Crippen LogP contribution in [0.2, 0.25) is 0 Å². The molecule has 0 saturated carbocycles. The van der Waals surface area contributed by atoms with Gasteiger partial charge in [0.2, 0.25) is 0 Å². The molecule has 0 saturated heterocycles. The summed E-state index contributed by atoms with van der Waals surface area (Å²) in [5, 5.41) is 2.87. The monoisotopic (exact) mass is 126 g/mol. The Morgan fingerprint density at radius 1 is 1.75 bits per heavy atom. The summed E-state index contributed by atoms with van der Waals surface area (Å²) in [6.45, 7) is 0. The maximum absolute atomic E-state index is 4.49. The number of hydrogen-bond acceptors (Lipinski definition) is 1. The van der Waals surface area contributed by atoms with Gasteiger partial charge in [0.05, 0.1) is 0 Å². The van der Waals surface area contributed by atoms with Crippen molar-refractivity contribution in [2.24, 2.45) is 0 Å². The molecule has 2 heteroatoms. The summed E-state index contributed by atoms with van der Waals surface area (Å²) in [5.74, 6) is 0. The molecule has 43 valence electrons. The van der Waals surface area contributed by atoms with Crippen LogP contribution in [-0.4, -0.2) is 5.49 Å². The Labute approximate surface area is 54.8 Å². The zero-order chi connectivity index (χ0) is 5.82. The van der Waals surface area contributed by atoms with Crippen molar-refractivity contribution in [2.45, 2.75) is 19.3 Å². The quantitative estimate of drug-likeness (QED) is 0.444. The third kappa shape index (κ3) is 1.30. The molecule has 0 aromatic carbocycles. The fourth-order valence-electron chi connectivity index (χ4n) is 0.850. The second-order valence-electron chi connectivity index (χ2n) is 1.85. The van der Waals surface area contributed by atoms with Gasteiger partial charge in [0.25, 0.3) is 0 Å². The Bertz CT molecular complexity index is 118. The van der Waals surface area contributed by atoms with Crippen molar-refractivity contribution >= 4 is 17.7 Å². The molecular weight excluding hydrogens is 118 g/mol. The third-order valence-electron chi connectivity index (χ3n) is 1.25. The highest BCUT2D eigenvalue weighted by molar-refractivity contribution is 7.78. The number of rotatable bonds is 2. The second kappa shape index (κ2) is 2.82. The zero-order valence-corrected chi connectivity index (χ0v) is 5.42. The molecule has 0 spiro atoms. The lowest BCUT2D eigenvalue weighted by molar-refractivity contribution is 0.883. The smallest absolute Gasteiger partial charge is 0.138 e. The van der Waals surface area contributed by atoms with Crippen molar-refractivity contribution in [3.05, 3.63) is 11.8 Å². The van der Waals surface area contributed by atoms with Gasteiger partial charge in [-0.2, -0.15) is 0 Å². The molecule has 8 heavy (non-hydrogen) atoms. The van der Waals surface area contributed by atoms with E-state index in [1.807, 2.05) is 0 Å². The van der Waals surface area contributed by atoms with Gasteiger partial charge in [0, 0.05) is 5.70 Å². The highest BCUT2D eigenvalue weighted by Crippen LogP contribution is 2.13. The highest BCUT2D eigenvalue weighted by Gasteiger charge is 2.00. The zero-order valence-electron chi connectivity index (χ0n) is 4.61. The van der Waals surface area contributed by atoms with E-state index in [0.717, 1.165) is 6.42 Å². The summed E-state index contributed by atoms with van der Waals surface area (Å²) in [5.41, 5.74) is 3.71. The van der Waals surface area contributed by atoms with E-state index in [9.17, 15) is 0 Å². The fraction of sp³-hybridized carbons (Fsp3) is 0.500. The molecule has 0 atom stereocenters. The van der Waals surface area contributed by atoms with Crippen LogP contribution in [0, 0.1) is 0 Å². The van der Waals surface area contributed by atoms with E-state index in [-0.39, 0.29) is 0 Å². The predicted octanol–water partition coefficient (Wildman–Crippen LogP) is 1.48. The van der Waals surface area contributed by atoms with E-state index >= 15 is 0 Å². The standard InChI is InChI=1S/C6H8NS/c8-5-7-6-3-1-2-4-6/h3H,1-2,4H2,(H,7,8). The van der Waals surface area contributed by atoms with Crippen molar-refractivity contribution in [1.29, 1.82) is 0 Å². The van der Waals surface area contributed by atoms with Crippen LogP contribution in [0.3, 0.4) is 0 Å². The topological polar surface area (TPSA) is 12.0 Å². The first-order valence-corrected chi connectivity index (χ1v) is 3.16. The number of allylic oxidation sites excluding steroid dienone is 2. The van der Waals surface area contributed by atoms with Crippen LogP contribution in [0.25, 0.3) is 0 Å². The molecule has 0 bridgehead atoms. The van der Waals surface area contributed by atoms with Crippen LogP contribution in [0.4, 0.5) is 0 Å². The van der Waals surface area contributed by atoms with Crippen molar-refractivity contribution < 1.29 is 0 Å². The van der Waals surface area contributed by atoms with Crippen LogP contribution in [0.15, 0.2) is 11.8 Å². The molecule has 1 rings (SSSR count). The Balaban J connectivity index is 2.33. The maximum atomic E-state index is 4.49. The van der Waals surface area contributed by atoms with Gasteiger partial charge in [-0.25, -0.2) is 0 Å². The van der Waals surface area contributed by atoms with Crippen LogP contribution >= 0.6 is 12.2 Å². The number of thiocarbonyl (C=S) groups is 1. The first-order valence-electron chi connectivity index (χ1n) is 2.75. The van der Waals surface area contributed by atoms with Crippen molar-refractivity contribution in [3.8, 4) is 0 Å². The van der Waals surface area contributed by atoms with Gasteiger partial charge in [0.1, 0.15) is 5.49 Å². The Morgan fingerprint density at radius 3 is 3.12 bits per heavy atom. The first-order chi connectivity index (χ1) is 3.93. The number of hydrogen-bond donors (Lipinski definition) is 1. The van der Waals surface area contributed by atoms with Crippen LogP contribution in [0.5, 0.6) is 0 Å². The average molecular weight is 126 g/mol. The Hall–Kier alpha value is -0.370. The Kier molecular flexibility index (Phi) is 2.03. The van der Waals surface area contributed by atoms with Crippen molar-refractivity contribution in [1.82, 2.24) is 5.32 Å². The van der Waals surface area contributed by atoms with Crippen molar-refractivity contribution in [2.75, 3.05) is 0 Å². The second-order valence-corrected chi connectivity index (χ2v) is 2.05. The molecule has 1 aliphatic carbocycles. The van der Waals surface area contributed by atoms with E-state index in [2.05, 4.69) is 29.1 Å². The third-order valence-corrected chi connectivity index (χ3v) is 1.35. The van der Waals surface area contributed by atoms with Crippen molar-refractivity contribution in [3.63, 3.8) is 0 Å². The van der Waals surface area contributed by atoms with E-state index < -0.39 is 0 Å². The van der Waals surface area contributed by atoms with E-state index in [4.69, 9.17) is 0 Å². The van der Waals surface area contributed by atoms with Crippen LogP contribution in [-0.2, 0) is 0 Å². The van der Waals surface area contributed by atoms with E-state index in [0.29, 0.717) is 0 Å². The SMILES string of the molecule is S=[C]NC1=CCCC1. The summed E-state index contributed by atoms with van der Waals surface area (Å²) in [6, 6.07) is 0. The fourth-order valence-corrected chi connectivity index (χ4v) is 0.981. The highest BCUT2D eigenvalue weighted by atomic mass is 32.1. The summed E-state index contributed by atoms with van der Waals surface area (Å²) in [7, 11) is 0. The maximum Gasteiger partial charge on any atom is 0.138 e. The molecule has 1 radical (unpaired) electrons. The average Bonchev–Trinajstić information content (AvgIpc) is 2.19. The van der Waals surface area contributed by atoms with E-state index in [1.54, 1.807) is 0 Å². The Morgan fingerprint density at radius 2 is 2.62 bits per heavy atom. The molecule has 0 aliphatic heterocycles. The molecule has 1 aliphatic rings. The van der Waals surface area contributed by atoms with Gasteiger partial charge < -0.3 is 5.32 Å². The molecule has 0 heterocycles. The van der Waals surface area contributed by atoms with Gasteiger partial charge in [-0.1, -0.05) is 18.3 Å². The van der Waals surface area contributed by atoms with Crippen LogP contribution < -0.4 is 5.32 Å². The molecule has 0 unspecified atom stereocenters. The minimum atomic E-state index is 1.14. The minimum absolute atomic E-state index is 1.14. The predicted molar refractivity (Wildman–Crippen MR) is 37.7 cm³/mol. The lowest BCUT2D eigenvalue weighted by Crippen LogP contribution is -2.05. The largest absolute Gasteiger partial charge is 0.348 e. The van der Waals surface area contributed by atoms with Gasteiger partial charge in [-0.05, 0) is 19.3 Å². The van der Waals surface area contributed by atoms with Gasteiger partial charge in [-0.3, -0.25) is 0 Å². The molecule has 0 fully saturated rings. The normalized spacial score (nSPS) is 17.8. The number of nitrogens with one attached hydrogen (secondary N) is 1. The first kappa shape index (κ1) is 5.76. The van der Waals surface area contributed by atoms with E-state index in [1.165, 1.54) is 18.5 Å². The summed E-state index contributed by atoms with van der Waals surface area (Å²) in [6.07, 6.45) is 5.77. The molecular formula is C6H8NS. The van der Waals surface area contributed by atoms with Crippen LogP contribution in [0.1, 0.15) is 19.3 Å². The summed E-state index contributed by atoms with van der Waals surface area (Å²) in [4.78, 5) is 0. The van der Waals surface area contributed by atoms with Gasteiger partial charge in [0.15, 0.2) is 0 Å². The molecule has 0 aromatic heterocycles. The molecule has 1 nitrogen and oxygen atoms in total. The molecule has 0 aromatic rings. The lowest BCUT2D eigenvalue weighted by atomic mass is 10.3. The summed E-state index contributed by atoms with van der Waals surface area (Å²) < 4.78 is 0. The minimum Gasteiger partial charge on any atom is -0.348 e.